The third-order valence-corrected chi connectivity index (χ3v) is 4.15. The molecule has 2 aromatic heterocycles. The Morgan fingerprint density at radius 1 is 1.14 bits per heavy atom. The zero-order valence-corrected chi connectivity index (χ0v) is 13.0. The van der Waals surface area contributed by atoms with Gasteiger partial charge in [0.2, 0.25) is 0 Å². The molecule has 5 heteroatoms. The number of thiazole rings is 1. The first-order chi connectivity index (χ1) is 10.0. The van der Waals surface area contributed by atoms with E-state index in [1.54, 1.807) is 4.40 Å². The normalized spacial score (nSPS) is 11.0. The molecule has 4 nitrogen and oxygen atoms in total. The quantitative estimate of drug-likeness (QED) is 0.745. The highest BCUT2D eigenvalue weighted by atomic mass is 32.1. The van der Waals surface area contributed by atoms with E-state index in [0.717, 1.165) is 22.6 Å². The van der Waals surface area contributed by atoms with E-state index in [2.05, 4.69) is 11.1 Å². The summed E-state index contributed by atoms with van der Waals surface area (Å²) >= 11 is 1.47. The number of benzene rings is 1. The van der Waals surface area contributed by atoms with Crippen molar-refractivity contribution in [3.05, 3.63) is 62.5 Å². The number of hydrogen-bond donors (Lipinski definition) is 0. The van der Waals surface area contributed by atoms with Crippen molar-refractivity contribution in [2.75, 3.05) is 0 Å². The average Bonchev–Trinajstić information content (AvgIpc) is 2.77. The largest absolute Gasteiger partial charge is 0.487 e. The van der Waals surface area contributed by atoms with E-state index in [1.807, 2.05) is 38.3 Å². The summed E-state index contributed by atoms with van der Waals surface area (Å²) in [7, 11) is 0. The maximum absolute atomic E-state index is 12.1. The fourth-order valence-corrected chi connectivity index (χ4v) is 3.24. The van der Waals surface area contributed by atoms with E-state index in [1.165, 1.54) is 17.4 Å². The Bertz CT molecular complexity index is 844. The Morgan fingerprint density at radius 3 is 2.57 bits per heavy atom. The minimum absolute atomic E-state index is 0.0576. The lowest BCUT2D eigenvalue weighted by molar-refractivity contribution is 0.301. The van der Waals surface area contributed by atoms with Crippen LogP contribution < -0.4 is 10.3 Å². The highest BCUT2D eigenvalue weighted by Gasteiger charge is 2.07. The topological polar surface area (TPSA) is 43.6 Å². The van der Waals surface area contributed by atoms with E-state index in [-0.39, 0.29) is 5.56 Å². The molecular formula is C16H16N2O2S. The molecule has 0 unspecified atom stereocenters. The van der Waals surface area contributed by atoms with Gasteiger partial charge in [-0.3, -0.25) is 9.20 Å². The first-order valence-corrected chi connectivity index (χ1v) is 7.59. The van der Waals surface area contributed by atoms with Gasteiger partial charge in [-0.1, -0.05) is 6.07 Å². The summed E-state index contributed by atoms with van der Waals surface area (Å²) in [5.41, 5.74) is 3.82. The molecule has 3 aromatic rings. The molecule has 0 spiro atoms. The second-order valence-electron chi connectivity index (χ2n) is 5.19. The molecule has 0 N–H and O–H groups in total. The third kappa shape index (κ3) is 2.83. The SMILES string of the molecule is Cc1cc(C)cc(OCc2cc(=O)n3c(C)csc3n2)c1. The average molecular weight is 300 g/mol. The van der Waals surface area contributed by atoms with Gasteiger partial charge in [0.15, 0.2) is 4.96 Å². The molecule has 3 rings (SSSR count). The summed E-state index contributed by atoms with van der Waals surface area (Å²) in [6, 6.07) is 7.59. The first-order valence-electron chi connectivity index (χ1n) is 6.71. The second kappa shape index (κ2) is 5.33. The third-order valence-electron chi connectivity index (χ3n) is 3.21. The summed E-state index contributed by atoms with van der Waals surface area (Å²) in [6.07, 6.45) is 0. The van der Waals surface area contributed by atoms with Gasteiger partial charge in [-0.05, 0) is 44.0 Å². The zero-order chi connectivity index (χ0) is 15.0. The molecule has 0 aliphatic carbocycles. The summed E-state index contributed by atoms with van der Waals surface area (Å²) in [5.74, 6) is 0.803. The highest BCUT2D eigenvalue weighted by Crippen LogP contribution is 2.18. The summed E-state index contributed by atoms with van der Waals surface area (Å²) < 4.78 is 7.37. The molecule has 1 aromatic carbocycles. The lowest BCUT2D eigenvalue weighted by atomic mass is 10.1. The van der Waals surface area contributed by atoms with Gasteiger partial charge >= 0.3 is 0 Å². The predicted molar refractivity (Wildman–Crippen MR) is 84.3 cm³/mol. The molecule has 0 fully saturated rings. The van der Waals surface area contributed by atoms with E-state index < -0.39 is 0 Å². The Balaban J connectivity index is 1.86. The van der Waals surface area contributed by atoms with E-state index >= 15 is 0 Å². The van der Waals surface area contributed by atoms with Crippen molar-refractivity contribution in [3.8, 4) is 5.75 Å². The van der Waals surface area contributed by atoms with Crippen LogP contribution in [0.25, 0.3) is 4.96 Å². The lowest BCUT2D eigenvalue weighted by Crippen LogP contribution is -2.15. The Morgan fingerprint density at radius 2 is 1.86 bits per heavy atom. The van der Waals surface area contributed by atoms with Crippen molar-refractivity contribution in [2.24, 2.45) is 0 Å². The molecule has 0 amide bonds. The minimum Gasteiger partial charge on any atom is -0.487 e. The molecule has 0 saturated carbocycles. The molecule has 0 radical (unpaired) electrons. The van der Waals surface area contributed by atoms with Gasteiger partial charge in [-0.25, -0.2) is 4.98 Å². The van der Waals surface area contributed by atoms with Gasteiger partial charge < -0.3 is 4.74 Å². The predicted octanol–water partition coefficient (Wildman–Crippen LogP) is 3.26. The number of ether oxygens (including phenoxy) is 1. The van der Waals surface area contributed by atoms with Gasteiger partial charge in [0, 0.05) is 17.1 Å². The highest BCUT2D eigenvalue weighted by molar-refractivity contribution is 7.15. The van der Waals surface area contributed by atoms with Crippen LogP contribution in [-0.2, 0) is 6.61 Å². The Hall–Kier alpha value is -2.14. The van der Waals surface area contributed by atoms with Gasteiger partial charge in [-0.15, -0.1) is 11.3 Å². The smallest absolute Gasteiger partial charge is 0.259 e. The van der Waals surface area contributed by atoms with Crippen molar-refractivity contribution in [1.29, 1.82) is 0 Å². The van der Waals surface area contributed by atoms with Gasteiger partial charge in [0.05, 0.1) is 5.69 Å². The number of fused-ring (bicyclic) bond motifs is 1. The summed E-state index contributed by atoms with van der Waals surface area (Å²) in [5, 5.41) is 1.93. The number of rotatable bonds is 3. The van der Waals surface area contributed by atoms with Gasteiger partial charge in [-0.2, -0.15) is 0 Å². The molecule has 0 bridgehead atoms. The minimum atomic E-state index is -0.0576. The summed E-state index contributed by atoms with van der Waals surface area (Å²) in [4.78, 5) is 17.3. The molecule has 21 heavy (non-hydrogen) atoms. The molecule has 108 valence electrons. The van der Waals surface area contributed by atoms with Crippen LogP contribution in [0.1, 0.15) is 22.5 Å². The first kappa shape index (κ1) is 13.8. The molecule has 0 saturated heterocycles. The van der Waals surface area contributed by atoms with Crippen LogP contribution in [0.5, 0.6) is 5.75 Å². The van der Waals surface area contributed by atoms with Crippen LogP contribution in [0, 0.1) is 20.8 Å². The van der Waals surface area contributed by atoms with Crippen molar-refractivity contribution < 1.29 is 4.74 Å². The fraction of sp³-hybridized carbons (Fsp3) is 0.250. The lowest BCUT2D eigenvalue weighted by Gasteiger charge is -2.08. The standard InChI is InChI=1S/C16H16N2O2S/c1-10-4-11(2)6-14(5-10)20-8-13-7-15(19)18-12(3)9-21-16(18)17-13/h4-7,9H,8H2,1-3H3. The molecule has 0 atom stereocenters. The van der Waals surface area contributed by atoms with E-state index in [4.69, 9.17) is 4.74 Å². The van der Waals surface area contributed by atoms with Crippen LogP contribution >= 0.6 is 11.3 Å². The Labute approximate surface area is 126 Å². The summed E-state index contributed by atoms with van der Waals surface area (Å²) in [6.45, 7) is 6.26. The maximum Gasteiger partial charge on any atom is 0.259 e. The van der Waals surface area contributed by atoms with Crippen LogP contribution in [0.3, 0.4) is 0 Å². The van der Waals surface area contributed by atoms with Gasteiger partial charge in [0.25, 0.3) is 5.56 Å². The number of aryl methyl sites for hydroxylation is 3. The van der Waals surface area contributed by atoms with Gasteiger partial charge in [0.1, 0.15) is 12.4 Å². The number of hydrogen-bond acceptors (Lipinski definition) is 4. The zero-order valence-electron chi connectivity index (χ0n) is 12.2. The van der Waals surface area contributed by atoms with Crippen LogP contribution in [-0.4, -0.2) is 9.38 Å². The second-order valence-corrected chi connectivity index (χ2v) is 6.03. The number of aromatic nitrogens is 2. The fourth-order valence-electron chi connectivity index (χ4n) is 2.35. The van der Waals surface area contributed by atoms with Crippen molar-refractivity contribution in [1.82, 2.24) is 9.38 Å². The van der Waals surface area contributed by atoms with Crippen LogP contribution in [0.2, 0.25) is 0 Å². The van der Waals surface area contributed by atoms with Crippen molar-refractivity contribution >= 4 is 16.3 Å². The monoisotopic (exact) mass is 300 g/mol. The van der Waals surface area contributed by atoms with Crippen molar-refractivity contribution in [2.45, 2.75) is 27.4 Å². The van der Waals surface area contributed by atoms with E-state index in [0.29, 0.717) is 17.3 Å². The van der Waals surface area contributed by atoms with Crippen LogP contribution in [0.15, 0.2) is 34.4 Å². The van der Waals surface area contributed by atoms with Crippen molar-refractivity contribution in [3.63, 3.8) is 0 Å². The van der Waals surface area contributed by atoms with Crippen LogP contribution in [0.4, 0.5) is 0 Å². The molecular weight excluding hydrogens is 284 g/mol. The maximum atomic E-state index is 12.1. The molecule has 0 aliphatic heterocycles. The van der Waals surface area contributed by atoms with E-state index in [9.17, 15) is 4.79 Å². The Kier molecular flexibility index (Phi) is 3.51. The molecule has 2 heterocycles. The molecule has 0 aliphatic rings. The number of nitrogens with zero attached hydrogens (tertiary/aromatic N) is 2.